The van der Waals surface area contributed by atoms with Gasteiger partial charge >= 0.3 is 163 Å². The van der Waals surface area contributed by atoms with Crippen LogP contribution in [0.2, 0.25) is 0 Å². The molecule has 158 valence electrons. The van der Waals surface area contributed by atoms with Gasteiger partial charge in [0.2, 0.25) is 0 Å². The van der Waals surface area contributed by atoms with Crippen LogP contribution in [-0.4, -0.2) is 47.5 Å². The predicted molar refractivity (Wildman–Crippen MR) is 109 cm³/mol. The van der Waals surface area contributed by atoms with Gasteiger partial charge in [0.25, 0.3) is 0 Å². The van der Waals surface area contributed by atoms with Crippen molar-refractivity contribution < 1.29 is 44.2 Å². The second-order valence-corrected chi connectivity index (χ2v) is 7.91. The number of aliphatic carboxylic acids is 1. The molecule has 0 saturated heterocycles. The van der Waals surface area contributed by atoms with E-state index >= 15 is 0 Å². The van der Waals surface area contributed by atoms with E-state index in [1.54, 1.807) is 42.9 Å². The number of carboxylic acid groups (broad SMARTS) is 1. The summed E-state index contributed by atoms with van der Waals surface area (Å²) in [5.74, 6) is -0.360. The zero-order valence-corrected chi connectivity index (χ0v) is 19.0. The van der Waals surface area contributed by atoms with Crippen LogP contribution in [0, 0.1) is 24.7 Å². The van der Waals surface area contributed by atoms with Crippen LogP contribution in [0.15, 0.2) is 52.7 Å². The monoisotopic (exact) mass is 606 g/mol. The summed E-state index contributed by atoms with van der Waals surface area (Å²) in [5, 5.41) is 16.5. The number of nitrogens with zero attached hydrogens (tertiary/aromatic N) is 3. The van der Waals surface area contributed by atoms with E-state index in [2.05, 4.69) is 10.2 Å². The first kappa shape index (κ1) is 23.4. The number of carbonyl (C=O) groups is 2. The molecule has 5 N–H and O–H groups in total. The second kappa shape index (κ2) is 12.0. The van der Waals surface area contributed by atoms with Crippen molar-refractivity contribution in [2.24, 2.45) is 21.7 Å². The quantitative estimate of drug-likeness (QED) is 0.143. The number of nitrogens with two attached hydrogens (primary N) is 2. The van der Waals surface area contributed by atoms with E-state index in [0.29, 0.717) is 29.8 Å². The molecule has 0 fully saturated rings. The minimum absolute atomic E-state index is 0.0121. The fraction of sp³-hybridized carbons (Fsp3) is 0.200. The molecule has 2 rings (SSSR count). The van der Waals surface area contributed by atoms with E-state index in [0.717, 1.165) is 11.9 Å². The van der Waals surface area contributed by atoms with Crippen molar-refractivity contribution in [3.63, 3.8) is 0 Å². The molecule has 0 amide bonds. The third-order valence-corrected chi connectivity index (χ3v) is 4.97. The Balaban J connectivity index is 2.32. The normalized spacial score (nSPS) is 11.7. The minimum atomic E-state index is -1.02. The van der Waals surface area contributed by atoms with Crippen LogP contribution < -0.4 is 19.5 Å². The van der Waals surface area contributed by atoms with Gasteiger partial charge in [-0.05, 0) is 0 Å². The Morgan fingerprint density at radius 1 is 1.23 bits per heavy atom. The molecule has 0 saturated carbocycles. The summed E-state index contributed by atoms with van der Waals surface area (Å²) in [6, 6.07) is 13.2. The molecular weight excluding hydrogens is 584 g/mol. The number of hydrogen-bond donors (Lipinski definition) is 3. The molecule has 0 radical (unpaired) electrons. The number of hydrogen-bond acceptors (Lipinski definition) is 6. The Morgan fingerprint density at radius 3 is 2.60 bits per heavy atom. The molecular formula is C20H22AtN5O4. The number of benzene rings is 2. The first-order valence-corrected chi connectivity index (χ1v) is 10.3. The van der Waals surface area contributed by atoms with Crippen LogP contribution in [0.5, 0.6) is 5.75 Å². The van der Waals surface area contributed by atoms with E-state index in [1.807, 2.05) is 24.3 Å². The molecule has 0 heterocycles. The number of amidine groups is 1. The van der Waals surface area contributed by atoms with E-state index in [9.17, 15) is 9.59 Å². The summed E-state index contributed by atoms with van der Waals surface area (Å²) < 4.78 is 7.21. The Labute approximate surface area is 189 Å². The Morgan fingerprint density at radius 2 is 1.97 bits per heavy atom. The predicted octanol–water partition coefficient (Wildman–Crippen LogP) is 0.133. The van der Waals surface area contributed by atoms with E-state index in [4.69, 9.17) is 21.3 Å². The van der Waals surface area contributed by atoms with Crippen molar-refractivity contribution in [1.82, 2.24) is 4.90 Å². The summed E-state index contributed by atoms with van der Waals surface area (Å²) in [6.07, 6.45) is 1.70. The molecule has 30 heavy (non-hydrogen) atoms. The number of carboxylic acids is 1. The Hall–Kier alpha value is -2.84. The van der Waals surface area contributed by atoms with Crippen LogP contribution >= 0.6 is 0 Å². The zero-order valence-electron chi connectivity index (χ0n) is 16.1. The summed E-state index contributed by atoms with van der Waals surface area (Å²) in [6.45, 7) is 0.248. The zero-order chi connectivity index (χ0) is 21.9. The molecule has 0 spiro atoms. The number of carbonyl (C=O) groups excluding carboxylic acids is 1. The summed E-state index contributed by atoms with van der Waals surface area (Å²) in [4.78, 5) is 23.5. The molecule has 2 aromatic rings. The average Bonchev–Trinajstić information content (AvgIpc) is 2.72. The van der Waals surface area contributed by atoms with Crippen molar-refractivity contribution >= 4 is 27.7 Å². The first-order valence-electron chi connectivity index (χ1n) is 8.88. The Kier molecular flexibility index (Phi) is 9.37. The Bertz CT molecular complexity index is 931. The van der Waals surface area contributed by atoms with Crippen LogP contribution in [-0.2, 0) is 22.7 Å². The van der Waals surface area contributed by atoms with Gasteiger partial charge in [-0.1, -0.05) is 0 Å². The van der Waals surface area contributed by atoms with Crippen molar-refractivity contribution in [2.45, 2.75) is 13.2 Å². The van der Waals surface area contributed by atoms with Gasteiger partial charge in [-0.2, -0.15) is 0 Å². The van der Waals surface area contributed by atoms with Gasteiger partial charge < -0.3 is 15.6 Å². The van der Waals surface area contributed by atoms with Crippen LogP contribution in [0.1, 0.15) is 16.7 Å². The van der Waals surface area contributed by atoms with E-state index in [1.165, 1.54) is 8.17 Å². The van der Waals surface area contributed by atoms with Gasteiger partial charge in [0.15, 0.2) is 0 Å². The molecule has 0 aliphatic rings. The van der Waals surface area contributed by atoms with Crippen molar-refractivity contribution in [2.75, 3.05) is 13.1 Å². The summed E-state index contributed by atoms with van der Waals surface area (Å²) >= 11 is 1.59. The molecule has 0 bridgehead atoms. The molecule has 0 aliphatic carbocycles. The maximum absolute atomic E-state index is 11.1. The van der Waals surface area contributed by atoms with Gasteiger partial charge in [0, 0.05) is 0 Å². The molecule has 9 nitrogen and oxygen atoms in total. The molecule has 2 aromatic carbocycles. The third-order valence-electron chi connectivity index (χ3n) is 3.99. The first-order chi connectivity index (χ1) is 14.4. The van der Waals surface area contributed by atoms with Crippen LogP contribution in [0.3, 0.4) is 0 Å². The van der Waals surface area contributed by atoms with Gasteiger partial charge in [0.05, 0.1) is 0 Å². The fourth-order valence-electron chi connectivity index (χ4n) is 2.60. The topological polar surface area (TPSA) is 144 Å². The van der Waals surface area contributed by atoms with Gasteiger partial charge in [0.1, 0.15) is 6.34 Å². The van der Waals surface area contributed by atoms with Gasteiger partial charge in [-0.25, -0.2) is 0 Å². The number of ether oxygens (including phenoxy) is 1. The van der Waals surface area contributed by atoms with Crippen LogP contribution in [0.4, 0.5) is 0 Å². The standard InChI is InChI=1S/C20H22AtN5O4/c21-17-5-1-14(2-6-17)12-30-18-9-15(20(23)25-24-13-22)3-4-16(18)10-26(7-8-27)11-19(28)29/h1-6,8-9,13H,7,10-12H2,(H2,22,24)(H2,23,25)(H,28,29). The van der Waals surface area contributed by atoms with Crippen LogP contribution in [0.25, 0.3) is 0 Å². The second-order valence-electron chi connectivity index (χ2n) is 6.22. The molecule has 0 atom stereocenters. The molecule has 10 heteroatoms. The molecule has 0 aliphatic heterocycles. The average molecular weight is 606 g/mol. The summed E-state index contributed by atoms with van der Waals surface area (Å²) in [5.41, 5.74) is 13.4. The number of aldehydes is 1. The fourth-order valence-corrected chi connectivity index (χ4v) is 3.09. The third kappa shape index (κ3) is 7.53. The van der Waals surface area contributed by atoms with Crippen molar-refractivity contribution in [1.29, 1.82) is 0 Å². The summed E-state index contributed by atoms with van der Waals surface area (Å²) in [7, 11) is 0. The van der Waals surface area contributed by atoms with Gasteiger partial charge in [-0.15, -0.1) is 0 Å². The molecule has 0 unspecified atom stereocenters. The van der Waals surface area contributed by atoms with Crippen molar-refractivity contribution in [3.05, 3.63) is 59.2 Å². The van der Waals surface area contributed by atoms with E-state index < -0.39 is 5.97 Å². The van der Waals surface area contributed by atoms with E-state index in [-0.39, 0.29) is 25.5 Å². The van der Waals surface area contributed by atoms with Crippen molar-refractivity contribution in [3.8, 4) is 5.75 Å². The van der Waals surface area contributed by atoms with Gasteiger partial charge in [-0.3, -0.25) is 4.79 Å². The molecule has 0 aromatic heterocycles. The maximum atomic E-state index is 11.1. The SMILES string of the molecule is N/C=N\N=C(/N)c1ccc(CN(CC=O)CC(=O)O)c(OCc2ccc([At])cc2)c1. The number of rotatable bonds is 11.